The maximum absolute atomic E-state index is 11.2. The van der Waals surface area contributed by atoms with Crippen LogP contribution in [-0.2, 0) is 9.53 Å². The molecule has 2 N–H and O–H groups in total. The van der Waals surface area contributed by atoms with Crippen molar-refractivity contribution in [3.63, 3.8) is 0 Å². The maximum atomic E-state index is 11.2. The van der Waals surface area contributed by atoms with Crippen LogP contribution < -0.4 is 5.73 Å². The lowest BCUT2D eigenvalue weighted by Gasteiger charge is -2.08. The van der Waals surface area contributed by atoms with Crippen LogP contribution >= 0.6 is 11.3 Å². The Balaban J connectivity index is 2.21. The molecule has 76 valence electrons. The summed E-state index contributed by atoms with van der Waals surface area (Å²) in [5, 5.41) is 0. The highest BCUT2D eigenvalue weighted by atomic mass is 32.1. The largest absolute Gasteiger partial charge is 0.468 e. The number of hydrogen-bond acceptors (Lipinski definition) is 5. The van der Waals surface area contributed by atoms with E-state index in [9.17, 15) is 4.79 Å². The van der Waals surface area contributed by atoms with Gasteiger partial charge in [0.2, 0.25) is 0 Å². The molecule has 2 rings (SSSR count). The normalized spacial score (nSPS) is 17.9. The number of methoxy groups -OCH3 is 1. The first-order chi connectivity index (χ1) is 6.74. The maximum Gasteiger partial charge on any atom is 0.328 e. The van der Waals surface area contributed by atoms with E-state index in [1.807, 2.05) is 0 Å². The van der Waals surface area contributed by atoms with Crippen molar-refractivity contribution in [2.24, 2.45) is 5.73 Å². The third-order valence-electron chi connectivity index (χ3n) is 2.33. The van der Waals surface area contributed by atoms with Gasteiger partial charge in [0.25, 0.3) is 0 Å². The van der Waals surface area contributed by atoms with E-state index in [0.717, 1.165) is 23.4 Å². The minimum absolute atomic E-state index is 0.392. The van der Waals surface area contributed by atoms with Crippen LogP contribution in [0.5, 0.6) is 0 Å². The molecule has 14 heavy (non-hydrogen) atoms. The summed E-state index contributed by atoms with van der Waals surface area (Å²) >= 11 is 1.43. The van der Waals surface area contributed by atoms with Crippen LogP contribution in [0.15, 0.2) is 5.51 Å². The molecular weight excluding hydrogens is 200 g/mol. The summed E-state index contributed by atoms with van der Waals surface area (Å²) in [5.41, 5.74) is 8.49. The molecular formula is C9H12N2O2S. The van der Waals surface area contributed by atoms with E-state index in [-0.39, 0.29) is 0 Å². The SMILES string of the molecule is COC(=O)C(N)c1scnc1C1CC1. The molecule has 0 bridgehead atoms. The van der Waals surface area contributed by atoms with Gasteiger partial charge in [0, 0.05) is 5.92 Å². The van der Waals surface area contributed by atoms with E-state index in [1.54, 1.807) is 5.51 Å². The Kier molecular flexibility index (Phi) is 2.52. The fourth-order valence-electron chi connectivity index (χ4n) is 1.39. The molecule has 1 atom stereocenters. The second-order valence-corrected chi connectivity index (χ2v) is 4.26. The highest BCUT2D eigenvalue weighted by molar-refractivity contribution is 7.10. The fraction of sp³-hybridized carbons (Fsp3) is 0.556. The summed E-state index contributed by atoms with van der Waals surface area (Å²) in [4.78, 5) is 16.3. The van der Waals surface area contributed by atoms with Crippen molar-refractivity contribution in [2.45, 2.75) is 24.8 Å². The van der Waals surface area contributed by atoms with Gasteiger partial charge in [-0.2, -0.15) is 0 Å². The molecule has 1 unspecified atom stereocenters. The molecule has 0 spiro atoms. The second-order valence-electron chi connectivity index (χ2n) is 3.38. The van der Waals surface area contributed by atoms with Crippen molar-refractivity contribution in [3.8, 4) is 0 Å². The predicted molar refractivity (Wildman–Crippen MR) is 53.0 cm³/mol. The number of carbonyl (C=O) groups excluding carboxylic acids is 1. The van der Waals surface area contributed by atoms with Crippen molar-refractivity contribution in [1.29, 1.82) is 0 Å². The molecule has 5 heteroatoms. The molecule has 0 amide bonds. The molecule has 0 aliphatic heterocycles. The molecule has 1 aliphatic carbocycles. The van der Waals surface area contributed by atoms with Crippen molar-refractivity contribution in [2.75, 3.05) is 7.11 Å². The first-order valence-corrected chi connectivity index (χ1v) is 5.38. The highest BCUT2D eigenvalue weighted by Gasteiger charge is 2.32. The van der Waals surface area contributed by atoms with Crippen LogP contribution in [0.3, 0.4) is 0 Å². The quantitative estimate of drug-likeness (QED) is 0.764. The van der Waals surface area contributed by atoms with Crippen molar-refractivity contribution in [3.05, 3.63) is 16.1 Å². The van der Waals surface area contributed by atoms with E-state index in [0.29, 0.717) is 5.92 Å². The van der Waals surface area contributed by atoms with Crippen LogP contribution in [-0.4, -0.2) is 18.1 Å². The Morgan fingerprint density at radius 3 is 3.07 bits per heavy atom. The minimum atomic E-state index is -0.664. The summed E-state index contributed by atoms with van der Waals surface area (Å²) in [5.74, 6) is 0.128. The van der Waals surface area contributed by atoms with Gasteiger partial charge in [0.05, 0.1) is 23.2 Å². The van der Waals surface area contributed by atoms with Gasteiger partial charge >= 0.3 is 5.97 Å². The number of aromatic nitrogens is 1. The lowest BCUT2D eigenvalue weighted by molar-refractivity contribution is -0.142. The summed E-state index contributed by atoms with van der Waals surface area (Å²) < 4.78 is 4.61. The van der Waals surface area contributed by atoms with Crippen LogP contribution in [0.25, 0.3) is 0 Å². The molecule has 1 aromatic heterocycles. The Labute approximate surface area is 86.1 Å². The number of nitrogens with two attached hydrogens (primary N) is 1. The number of nitrogens with zero attached hydrogens (tertiary/aromatic N) is 1. The van der Waals surface area contributed by atoms with Crippen LogP contribution in [0.1, 0.15) is 35.4 Å². The van der Waals surface area contributed by atoms with Crippen LogP contribution in [0, 0.1) is 0 Å². The van der Waals surface area contributed by atoms with E-state index in [4.69, 9.17) is 5.73 Å². The molecule has 0 saturated heterocycles. The lowest BCUT2D eigenvalue weighted by Crippen LogP contribution is -2.22. The average molecular weight is 212 g/mol. The second kappa shape index (κ2) is 3.67. The van der Waals surface area contributed by atoms with Crippen LogP contribution in [0.2, 0.25) is 0 Å². The first-order valence-electron chi connectivity index (χ1n) is 4.50. The topological polar surface area (TPSA) is 65.2 Å². The van der Waals surface area contributed by atoms with Gasteiger partial charge in [-0.05, 0) is 12.8 Å². The van der Waals surface area contributed by atoms with Gasteiger partial charge in [-0.25, -0.2) is 9.78 Å². The zero-order valence-corrected chi connectivity index (χ0v) is 8.71. The third kappa shape index (κ3) is 1.65. The number of rotatable bonds is 3. The summed E-state index contributed by atoms with van der Waals surface area (Å²) in [6.45, 7) is 0. The Bertz CT molecular complexity index is 346. The average Bonchev–Trinajstić information content (AvgIpc) is 2.94. The predicted octanol–water partition coefficient (Wildman–Crippen LogP) is 1.19. The van der Waals surface area contributed by atoms with E-state index in [1.165, 1.54) is 18.4 Å². The summed E-state index contributed by atoms with van der Waals surface area (Å²) in [6, 6.07) is -0.664. The summed E-state index contributed by atoms with van der Waals surface area (Å²) in [7, 11) is 1.35. The molecule has 1 saturated carbocycles. The molecule has 4 nitrogen and oxygen atoms in total. The number of ether oxygens (including phenoxy) is 1. The van der Waals surface area contributed by atoms with Crippen molar-refractivity contribution >= 4 is 17.3 Å². The zero-order chi connectivity index (χ0) is 10.1. The van der Waals surface area contributed by atoms with Crippen LogP contribution in [0.4, 0.5) is 0 Å². The standard InChI is InChI=1S/C9H12N2O2S/c1-13-9(12)6(10)8-7(5-2-3-5)11-4-14-8/h4-6H,2-3,10H2,1H3. The highest BCUT2D eigenvalue weighted by Crippen LogP contribution is 2.43. The number of esters is 1. The fourth-order valence-corrected chi connectivity index (χ4v) is 2.26. The van der Waals surface area contributed by atoms with Gasteiger partial charge in [0.15, 0.2) is 0 Å². The number of carbonyl (C=O) groups is 1. The molecule has 1 heterocycles. The lowest BCUT2D eigenvalue weighted by atomic mass is 10.1. The Morgan fingerprint density at radius 1 is 1.79 bits per heavy atom. The van der Waals surface area contributed by atoms with Gasteiger partial charge in [-0.1, -0.05) is 0 Å². The van der Waals surface area contributed by atoms with E-state index >= 15 is 0 Å². The monoisotopic (exact) mass is 212 g/mol. The number of hydrogen-bond donors (Lipinski definition) is 1. The third-order valence-corrected chi connectivity index (χ3v) is 3.25. The smallest absolute Gasteiger partial charge is 0.328 e. The van der Waals surface area contributed by atoms with Crippen molar-refractivity contribution in [1.82, 2.24) is 4.98 Å². The van der Waals surface area contributed by atoms with Gasteiger partial charge < -0.3 is 10.5 Å². The zero-order valence-electron chi connectivity index (χ0n) is 7.90. The molecule has 1 aromatic rings. The number of thiazole rings is 1. The van der Waals surface area contributed by atoms with E-state index in [2.05, 4.69) is 9.72 Å². The Hall–Kier alpha value is -0.940. The molecule has 1 aliphatic rings. The first kappa shape index (κ1) is 9.61. The molecule has 1 fully saturated rings. The molecule has 0 aromatic carbocycles. The molecule has 0 radical (unpaired) electrons. The van der Waals surface area contributed by atoms with E-state index < -0.39 is 12.0 Å². The van der Waals surface area contributed by atoms with Gasteiger partial charge in [-0.3, -0.25) is 0 Å². The summed E-state index contributed by atoms with van der Waals surface area (Å²) in [6.07, 6.45) is 2.31. The minimum Gasteiger partial charge on any atom is -0.468 e. The van der Waals surface area contributed by atoms with Gasteiger partial charge in [0.1, 0.15) is 6.04 Å². The van der Waals surface area contributed by atoms with Gasteiger partial charge in [-0.15, -0.1) is 11.3 Å². The Morgan fingerprint density at radius 2 is 2.50 bits per heavy atom. The van der Waals surface area contributed by atoms with Crippen molar-refractivity contribution < 1.29 is 9.53 Å².